The molecule has 26 heavy (non-hydrogen) atoms. The van der Waals surface area contributed by atoms with Crippen molar-refractivity contribution in [3.63, 3.8) is 0 Å². The quantitative estimate of drug-likeness (QED) is 0.824. The maximum atomic E-state index is 5.61. The summed E-state index contributed by atoms with van der Waals surface area (Å²) in [5, 5.41) is 4.30. The minimum absolute atomic E-state index is 0.00479. The molecule has 1 aliphatic heterocycles. The Kier molecular flexibility index (Phi) is 5.94. The summed E-state index contributed by atoms with van der Waals surface area (Å²) in [6, 6.07) is 21.9. The molecule has 0 aliphatic carbocycles. The van der Waals surface area contributed by atoms with Gasteiger partial charge < -0.3 is 10.2 Å². The van der Waals surface area contributed by atoms with Crippen molar-refractivity contribution >= 4 is 17.3 Å². The molecule has 3 nitrogen and oxygen atoms in total. The van der Waals surface area contributed by atoms with Crippen molar-refractivity contribution in [1.82, 2.24) is 15.1 Å². The molecule has 1 fully saturated rings. The Hall–Kier alpha value is -1.91. The van der Waals surface area contributed by atoms with Crippen molar-refractivity contribution in [1.29, 1.82) is 0 Å². The van der Waals surface area contributed by atoms with Gasteiger partial charge in [0.25, 0.3) is 0 Å². The molecular weight excluding hydrogens is 338 g/mol. The summed E-state index contributed by atoms with van der Waals surface area (Å²) in [6.07, 6.45) is 0. The van der Waals surface area contributed by atoms with Gasteiger partial charge in [-0.3, -0.25) is 4.90 Å². The number of hydrogen-bond donors (Lipinski definition) is 1. The molecule has 0 bridgehead atoms. The van der Waals surface area contributed by atoms with Gasteiger partial charge in [-0.2, -0.15) is 0 Å². The molecule has 1 heterocycles. The van der Waals surface area contributed by atoms with Crippen molar-refractivity contribution in [2.24, 2.45) is 0 Å². The molecule has 0 unspecified atom stereocenters. The summed E-state index contributed by atoms with van der Waals surface area (Å²) < 4.78 is 0. The van der Waals surface area contributed by atoms with Crippen LogP contribution in [0.2, 0.25) is 0 Å². The zero-order valence-corrected chi connectivity index (χ0v) is 16.8. The van der Waals surface area contributed by atoms with Crippen LogP contribution in [0.15, 0.2) is 60.7 Å². The van der Waals surface area contributed by atoms with Crippen LogP contribution in [0.4, 0.5) is 0 Å². The highest BCUT2D eigenvalue weighted by molar-refractivity contribution is 7.80. The van der Waals surface area contributed by atoms with E-state index in [1.54, 1.807) is 0 Å². The van der Waals surface area contributed by atoms with Crippen molar-refractivity contribution < 1.29 is 0 Å². The zero-order valence-electron chi connectivity index (χ0n) is 16.0. The van der Waals surface area contributed by atoms with Gasteiger partial charge in [-0.05, 0) is 44.1 Å². The minimum Gasteiger partial charge on any atom is -0.358 e. The second-order valence-electron chi connectivity index (χ2n) is 7.93. The maximum absolute atomic E-state index is 5.61. The van der Waals surface area contributed by atoms with Gasteiger partial charge in [-0.25, -0.2) is 0 Å². The van der Waals surface area contributed by atoms with Crippen LogP contribution in [-0.4, -0.2) is 46.6 Å². The maximum Gasteiger partial charge on any atom is 0.169 e. The number of nitrogens with one attached hydrogen (secondary N) is 1. The molecule has 1 N–H and O–H groups in total. The number of benzene rings is 2. The fourth-order valence-electron chi connectivity index (χ4n) is 3.47. The lowest BCUT2D eigenvalue weighted by Crippen LogP contribution is -2.55. The van der Waals surface area contributed by atoms with Crippen LogP contribution < -0.4 is 5.32 Å². The number of piperazine rings is 1. The Labute approximate surface area is 163 Å². The lowest BCUT2D eigenvalue weighted by atomic mass is 9.96. The molecule has 2 aromatic carbocycles. The first-order valence-corrected chi connectivity index (χ1v) is 9.76. The number of nitrogens with zero attached hydrogens (tertiary/aromatic N) is 2. The molecule has 0 aromatic heterocycles. The van der Waals surface area contributed by atoms with Gasteiger partial charge in [0, 0.05) is 31.7 Å². The Morgan fingerprint density at radius 1 is 0.846 bits per heavy atom. The monoisotopic (exact) mass is 367 g/mol. The molecule has 3 rings (SSSR count). The lowest BCUT2D eigenvalue weighted by molar-refractivity contribution is 0.148. The Morgan fingerprint density at radius 2 is 1.31 bits per heavy atom. The van der Waals surface area contributed by atoms with E-state index in [2.05, 4.69) is 96.6 Å². The molecule has 0 spiro atoms. The zero-order chi connectivity index (χ0) is 18.6. The highest BCUT2D eigenvalue weighted by atomic mass is 32.1. The smallest absolute Gasteiger partial charge is 0.169 e. The first kappa shape index (κ1) is 18.9. The minimum atomic E-state index is 0.00479. The van der Waals surface area contributed by atoms with Gasteiger partial charge in [0.1, 0.15) is 0 Å². The van der Waals surface area contributed by atoms with Crippen molar-refractivity contribution in [3.05, 3.63) is 71.8 Å². The second kappa shape index (κ2) is 8.19. The third-order valence-corrected chi connectivity index (χ3v) is 5.04. The molecule has 2 aromatic rings. The van der Waals surface area contributed by atoms with Crippen molar-refractivity contribution in [3.8, 4) is 0 Å². The first-order chi connectivity index (χ1) is 12.4. The number of hydrogen-bond acceptors (Lipinski definition) is 2. The van der Waals surface area contributed by atoms with Crippen LogP contribution in [-0.2, 0) is 0 Å². The van der Waals surface area contributed by atoms with Gasteiger partial charge in [0.05, 0.1) is 6.04 Å². The van der Waals surface area contributed by atoms with E-state index >= 15 is 0 Å². The highest BCUT2D eigenvalue weighted by Gasteiger charge is 2.27. The fraction of sp³-hybridized carbons (Fsp3) is 0.409. The van der Waals surface area contributed by atoms with Crippen LogP contribution in [0.5, 0.6) is 0 Å². The number of thiocarbonyl (C=S) groups is 1. The Morgan fingerprint density at radius 3 is 1.73 bits per heavy atom. The Balaban J connectivity index is 1.73. The van der Waals surface area contributed by atoms with Gasteiger partial charge in [-0.15, -0.1) is 0 Å². The third kappa shape index (κ3) is 4.83. The average molecular weight is 368 g/mol. The molecule has 0 radical (unpaired) electrons. The molecular formula is C22H29N3S. The molecule has 1 aliphatic rings. The van der Waals surface area contributed by atoms with Gasteiger partial charge in [0.2, 0.25) is 0 Å². The summed E-state index contributed by atoms with van der Waals surface area (Å²) in [6.45, 7) is 10.4. The summed E-state index contributed by atoms with van der Waals surface area (Å²) in [5.74, 6) is 0. The van der Waals surface area contributed by atoms with E-state index in [0.29, 0.717) is 6.04 Å². The van der Waals surface area contributed by atoms with Gasteiger partial charge in [-0.1, -0.05) is 60.7 Å². The van der Waals surface area contributed by atoms with E-state index in [1.807, 2.05) is 0 Å². The average Bonchev–Trinajstić information content (AvgIpc) is 2.63. The van der Waals surface area contributed by atoms with Crippen molar-refractivity contribution in [2.45, 2.75) is 32.4 Å². The lowest BCUT2D eigenvalue weighted by Gasteiger charge is -2.41. The van der Waals surface area contributed by atoms with E-state index in [0.717, 1.165) is 31.3 Å². The van der Waals surface area contributed by atoms with Gasteiger partial charge >= 0.3 is 0 Å². The fourth-order valence-corrected chi connectivity index (χ4v) is 3.96. The summed E-state index contributed by atoms with van der Waals surface area (Å²) in [4.78, 5) is 4.87. The van der Waals surface area contributed by atoms with Crippen LogP contribution in [0.3, 0.4) is 0 Å². The normalized spacial score (nSPS) is 15.9. The topological polar surface area (TPSA) is 18.5 Å². The molecule has 0 amide bonds. The first-order valence-electron chi connectivity index (χ1n) is 9.35. The van der Waals surface area contributed by atoms with E-state index in [-0.39, 0.29) is 5.54 Å². The third-order valence-electron chi connectivity index (χ3n) is 4.68. The summed E-state index contributed by atoms with van der Waals surface area (Å²) in [5.41, 5.74) is 2.70. The molecule has 1 saturated heterocycles. The molecule has 0 atom stereocenters. The van der Waals surface area contributed by atoms with E-state index < -0.39 is 0 Å². The number of rotatable bonds is 3. The largest absolute Gasteiger partial charge is 0.358 e. The molecule has 0 saturated carbocycles. The van der Waals surface area contributed by atoms with Crippen LogP contribution in [0, 0.1) is 0 Å². The molecule has 138 valence electrons. The summed E-state index contributed by atoms with van der Waals surface area (Å²) >= 11 is 5.61. The van der Waals surface area contributed by atoms with E-state index in [4.69, 9.17) is 12.2 Å². The van der Waals surface area contributed by atoms with Gasteiger partial charge in [0.15, 0.2) is 5.11 Å². The predicted molar refractivity (Wildman–Crippen MR) is 113 cm³/mol. The Bertz CT molecular complexity index is 662. The SMILES string of the molecule is CC(C)(C)NC(=S)N1CCN(C(c2ccccc2)c2ccccc2)CC1. The predicted octanol–water partition coefficient (Wildman–Crippen LogP) is 4.07. The standard InChI is InChI=1S/C22H29N3S/c1-22(2,3)23-21(26)25-16-14-24(15-17-25)20(18-10-6-4-7-11-18)19-12-8-5-9-13-19/h4-13,20H,14-17H2,1-3H3,(H,23,26). The van der Waals surface area contributed by atoms with Crippen LogP contribution >= 0.6 is 12.2 Å². The van der Waals surface area contributed by atoms with Crippen LogP contribution in [0.1, 0.15) is 37.9 Å². The van der Waals surface area contributed by atoms with Crippen LogP contribution in [0.25, 0.3) is 0 Å². The molecule has 4 heteroatoms. The second-order valence-corrected chi connectivity index (χ2v) is 8.31. The van der Waals surface area contributed by atoms with Crippen molar-refractivity contribution in [2.75, 3.05) is 26.2 Å². The summed E-state index contributed by atoms with van der Waals surface area (Å²) in [7, 11) is 0. The highest BCUT2D eigenvalue weighted by Crippen LogP contribution is 2.29. The van der Waals surface area contributed by atoms with E-state index in [9.17, 15) is 0 Å². The van der Waals surface area contributed by atoms with E-state index in [1.165, 1.54) is 11.1 Å².